The summed E-state index contributed by atoms with van der Waals surface area (Å²) >= 11 is 0. The Morgan fingerprint density at radius 1 is 0.217 bits per heavy atom. The van der Waals surface area contributed by atoms with Crippen LogP contribution in [-0.4, -0.2) is 34.9 Å². The highest BCUT2D eigenvalue weighted by molar-refractivity contribution is 5.79. The maximum absolute atomic E-state index is 5.11. The van der Waals surface area contributed by atoms with Crippen LogP contribution in [0.5, 0.6) is 0 Å². The summed E-state index contributed by atoms with van der Waals surface area (Å²) in [6, 6.07) is 67.2. The van der Waals surface area contributed by atoms with Crippen molar-refractivity contribution in [2.75, 3.05) is 0 Å². The first-order valence-electron chi connectivity index (χ1n) is 19.7. The summed E-state index contributed by atoms with van der Waals surface area (Å²) in [5.41, 5.74) is 14.0. The van der Waals surface area contributed by atoms with E-state index in [4.69, 9.17) is 29.9 Å². The van der Waals surface area contributed by atoms with E-state index >= 15 is 0 Å². The molecule has 0 N–H and O–H groups in total. The molecule has 5 aromatic carbocycles. The van der Waals surface area contributed by atoms with Crippen molar-refractivity contribution in [1.82, 2.24) is 34.9 Å². The molecule has 5 aromatic heterocycles. The van der Waals surface area contributed by atoms with E-state index in [0.717, 1.165) is 90.1 Å². The summed E-state index contributed by atoms with van der Waals surface area (Å²) in [6.07, 6.45) is 3.64. The van der Waals surface area contributed by atoms with Crippen LogP contribution in [0.4, 0.5) is 0 Å². The average Bonchev–Trinajstić information content (AvgIpc) is 3.35. The van der Waals surface area contributed by atoms with Crippen molar-refractivity contribution < 1.29 is 0 Å². The van der Waals surface area contributed by atoms with Crippen molar-refractivity contribution in [3.63, 3.8) is 0 Å². The number of rotatable bonds is 9. The highest BCUT2D eigenvalue weighted by atomic mass is 14.9. The van der Waals surface area contributed by atoms with Gasteiger partial charge in [0.1, 0.15) is 0 Å². The van der Waals surface area contributed by atoms with E-state index in [1.54, 1.807) is 6.20 Å². The lowest BCUT2D eigenvalue weighted by molar-refractivity contribution is 1.17. The number of pyridine rings is 3. The molecule has 0 bridgehead atoms. The van der Waals surface area contributed by atoms with Gasteiger partial charge in [0.15, 0.2) is 11.6 Å². The normalized spacial score (nSPS) is 11.0. The fourth-order valence-electron chi connectivity index (χ4n) is 7.17. The largest absolute Gasteiger partial charge is 0.255 e. The van der Waals surface area contributed by atoms with Crippen molar-refractivity contribution in [3.8, 4) is 102 Å². The molecular formula is C53H35N7. The van der Waals surface area contributed by atoms with E-state index in [-0.39, 0.29) is 0 Å². The Bertz CT molecular complexity index is 2940. The van der Waals surface area contributed by atoms with Crippen molar-refractivity contribution in [2.45, 2.75) is 0 Å². The van der Waals surface area contributed by atoms with Crippen molar-refractivity contribution >= 4 is 0 Å². The van der Waals surface area contributed by atoms with Gasteiger partial charge in [-0.05, 0) is 65.7 Å². The van der Waals surface area contributed by atoms with E-state index in [1.807, 2.05) is 134 Å². The maximum atomic E-state index is 5.11. The molecule has 10 rings (SSSR count). The highest BCUT2D eigenvalue weighted by Gasteiger charge is 2.16. The minimum atomic E-state index is 0.643. The zero-order chi connectivity index (χ0) is 40.1. The first-order chi connectivity index (χ1) is 29.7. The van der Waals surface area contributed by atoms with Crippen LogP contribution in [0.1, 0.15) is 0 Å². The smallest absolute Gasteiger partial charge is 0.160 e. The number of hydrogen-bond acceptors (Lipinski definition) is 7. The van der Waals surface area contributed by atoms with Gasteiger partial charge in [-0.1, -0.05) is 146 Å². The molecular weight excluding hydrogens is 735 g/mol. The van der Waals surface area contributed by atoms with Gasteiger partial charge in [-0.15, -0.1) is 0 Å². The van der Waals surface area contributed by atoms with Gasteiger partial charge in [-0.25, -0.2) is 24.9 Å². The molecule has 0 unspecified atom stereocenters. The lowest BCUT2D eigenvalue weighted by atomic mass is 10.00. The van der Waals surface area contributed by atoms with Gasteiger partial charge < -0.3 is 0 Å². The zero-order valence-electron chi connectivity index (χ0n) is 32.3. The monoisotopic (exact) mass is 769 g/mol. The van der Waals surface area contributed by atoms with Gasteiger partial charge in [-0.2, -0.15) is 0 Å². The number of hydrogen-bond donors (Lipinski definition) is 0. The van der Waals surface area contributed by atoms with Gasteiger partial charge in [0.05, 0.1) is 45.6 Å². The molecule has 0 amide bonds. The van der Waals surface area contributed by atoms with Crippen LogP contribution in [0.3, 0.4) is 0 Å². The summed E-state index contributed by atoms with van der Waals surface area (Å²) in [6.45, 7) is 0. The molecule has 7 heteroatoms. The van der Waals surface area contributed by atoms with Crippen LogP contribution < -0.4 is 0 Å². The zero-order valence-corrected chi connectivity index (χ0v) is 32.3. The molecule has 0 spiro atoms. The summed E-state index contributed by atoms with van der Waals surface area (Å²) in [5.74, 6) is 1.30. The fourth-order valence-corrected chi connectivity index (χ4v) is 7.17. The lowest BCUT2D eigenvalue weighted by Crippen LogP contribution is -1.97. The van der Waals surface area contributed by atoms with Gasteiger partial charge in [0.25, 0.3) is 0 Å². The van der Waals surface area contributed by atoms with Crippen molar-refractivity contribution in [2.24, 2.45) is 0 Å². The predicted molar refractivity (Wildman–Crippen MR) is 240 cm³/mol. The Kier molecular flexibility index (Phi) is 9.79. The van der Waals surface area contributed by atoms with Gasteiger partial charge in [0, 0.05) is 45.8 Å². The van der Waals surface area contributed by atoms with Crippen LogP contribution >= 0.6 is 0 Å². The molecule has 0 aliphatic heterocycles. The molecule has 0 aliphatic carbocycles. The quantitative estimate of drug-likeness (QED) is 0.144. The van der Waals surface area contributed by atoms with Crippen LogP contribution in [0, 0.1) is 0 Å². The van der Waals surface area contributed by atoms with Crippen molar-refractivity contribution in [1.29, 1.82) is 0 Å². The minimum absolute atomic E-state index is 0.643. The Morgan fingerprint density at radius 2 is 0.667 bits per heavy atom. The average molecular weight is 770 g/mol. The van der Waals surface area contributed by atoms with Crippen molar-refractivity contribution in [3.05, 3.63) is 213 Å². The first-order valence-corrected chi connectivity index (χ1v) is 19.7. The SMILES string of the molecule is c1ccc(-c2cc(-c3ccc(-c4cc(-c5cccc(-c6nc(-c7ccccc7)cc(-c7ccccc7)n6)c5)cc(-c5ccccn5)n4)nc3)nc(-c3ccccc3)n2)cc1. The second-order valence-corrected chi connectivity index (χ2v) is 14.2. The third-order valence-electron chi connectivity index (χ3n) is 10.2. The van der Waals surface area contributed by atoms with Crippen LogP contribution in [0.25, 0.3) is 102 Å². The standard InChI is InChI=1S/C53H35N7/c1-5-16-36(17-6-1)46-33-47(37-18-7-2-8-19-37)59-53(58-46)41-25-15-24-40(30-41)43-31-50(44-26-13-14-29-54-44)56-51(32-43)45-28-27-42(35-55-45)49-34-48(38-20-9-3-10-21-38)57-52(60-49)39-22-11-4-12-23-39/h1-35H. The molecule has 60 heavy (non-hydrogen) atoms. The van der Waals surface area contributed by atoms with E-state index in [0.29, 0.717) is 11.6 Å². The van der Waals surface area contributed by atoms with Gasteiger partial charge in [0.2, 0.25) is 0 Å². The Balaban J connectivity index is 1.05. The summed E-state index contributed by atoms with van der Waals surface area (Å²) in [5, 5.41) is 0. The molecule has 0 saturated carbocycles. The first kappa shape index (κ1) is 36.1. The van der Waals surface area contributed by atoms with Gasteiger partial charge in [-0.3, -0.25) is 9.97 Å². The predicted octanol–water partition coefficient (Wildman–Crippen LogP) is 12.5. The van der Waals surface area contributed by atoms with E-state index < -0.39 is 0 Å². The molecule has 0 radical (unpaired) electrons. The molecule has 7 nitrogen and oxygen atoms in total. The number of benzene rings is 5. The van der Waals surface area contributed by atoms with E-state index in [9.17, 15) is 0 Å². The van der Waals surface area contributed by atoms with E-state index in [1.165, 1.54) is 0 Å². The molecule has 0 fully saturated rings. The highest BCUT2D eigenvalue weighted by Crippen LogP contribution is 2.34. The minimum Gasteiger partial charge on any atom is -0.255 e. The number of nitrogens with zero attached hydrogens (tertiary/aromatic N) is 7. The Labute approximate surface area is 347 Å². The molecule has 0 atom stereocenters. The summed E-state index contributed by atoms with van der Waals surface area (Å²) in [7, 11) is 0. The molecule has 0 saturated heterocycles. The van der Waals surface area contributed by atoms with Gasteiger partial charge >= 0.3 is 0 Å². The third-order valence-corrected chi connectivity index (χ3v) is 10.2. The van der Waals surface area contributed by atoms with Crippen LogP contribution in [0.15, 0.2) is 213 Å². The van der Waals surface area contributed by atoms with E-state index in [2.05, 4.69) is 77.8 Å². The lowest BCUT2D eigenvalue weighted by Gasteiger charge is -2.12. The van der Waals surface area contributed by atoms with Crippen LogP contribution in [0.2, 0.25) is 0 Å². The Morgan fingerprint density at radius 3 is 1.17 bits per heavy atom. The Hall–Kier alpha value is -8.29. The number of aromatic nitrogens is 7. The second kappa shape index (κ2) is 16.3. The fraction of sp³-hybridized carbons (Fsp3) is 0. The summed E-state index contributed by atoms with van der Waals surface area (Å²) in [4.78, 5) is 34.9. The topological polar surface area (TPSA) is 90.2 Å². The molecule has 10 aromatic rings. The van der Waals surface area contributed by atoms with Crippen LogP contribution in [-0.2, 0) is 0 Å². The maximum Gasteiger partial charge on any atom is 0.160 e. The summed E-state index contributed by atoms with van der Waals surface area (Å²) < 4.78 is 0. The third kappa shape index (κ3) is 7.71. The molecule has 0 aliphatic rings. The molecule has 5 heterocycles. The molecule has 282 valence electrons. The second-order valence-electron chi connectivity index (χ2n) is 14.2.